The van der Waals surface area contributed by atoms with Crippen LogP contribution in [-0.2, 0) is 0 Å². The van der Waals surface area contributed by atoms with E-state index in [1.807, 2.05) is 24.5 Å². The number of rotatable bonds is 5. The van der Waals surface area contributed by atoms with Crippen molar-refractivity contribution in [3.8, 4) is 22.3 Å². The maximum Gasteiger partial charge on any atom is 0.131 e. The number of H-pyrrole nitrogens is 1. The fourth-order valence-electron chi connectivity index (χ4n) is 4.41. The minimum Gasteiger partial charge on any atom is -0.304 e. The molecule has 0 amide bonds. The van der Waals surface area contributed by atoms with Crippen LogP contribution in [0.25, 0.3) is 22.3 Å². The van der Waals surface area contributed by atoms with Gasteiger partial charge in [0.15, 0.2) is 0 Å². The Labute approximate surface area is 186 Å². The van der Waals surface area contributed by atoms with E-state index < -0.39 is 0 Å². The lowest BCUT2D eigenvalue weighted by atomic mass is 9.90. The number of nitrogens with one attached hydrogen (secondary N) is 1. The second-order valence-corrected chi connectivity index (χ2v) is 8.85. The zero-order chi connectivity index (χ0) is 21.2. The average Bonchev–Trinajstić information content (AvgIpc) is 3.50. The van der Waals surface area contributed by atoms with Gasteiger partial charge in [0.05, 0.1) is 12.2 Å². The third kappa shape index (κ3) is 4.06. The van der Waals surface area contributed by atoms with Crippen LogP contribution in [0.15, 0.2) is 71.7 Å². The van der Waals surface area contributed by atoms with Crippen molar-refractivity contribution in [2.24, 2.45) is 0 Å². The van der Waals surface area contributed by atoms with E-state index in [2.05, 4.69) is 62.1 Å². The van der Waals surface area contributed by atoms with Crippen LogP contribution in [0, 0.1) is 5.82 Å². The topological polar surface area (TPSA) is 35.2 Å². The van der Waals surface area contributed by atoms with E-state index in [1.54, 1.807) is 17.4 Å². The van der Waals surface area contributed by atoms with Gasteiger partial charge < -0.3 is 4.90 Å². The van der Waals surface area contributed by atoms with E-state index in [-0.39, 0.29) is 11.9 Å². The standard InChI is InChI=1S/C25H25FN4S/c1-29-9-11-30(12-10-29)25(20-15-27-28-16-20)18-6-7-21(19-8-13-31-17-19)23(14-18)22-4-2-3-5-24(22)26/h2-8,13-17,25H,9-12H2,1H3,(H,27,28). The van der Waals surface area contributed by atoms with Gasteiger partial charge in [-0.1, -0.05) is 30.3 Å². The van der Waals surface area contributed by atoms with Crippen molar-refractivity contribution in [1.29, 1.82) is 0 Å². The first-order valence-electron chi connectivity index (χ1n) is 10.5. The van der Waals surface area contributed by atoms with E-state index in [0.29, 0.717) is 5.56 Å². The summed E-state index contributed by atoms with van der Waals surface area (Å²) >= 11 is 1.65. The summed E-state index contributed by atoms with van der Waals surface area (Å²) in [5, 5.41) is 11.4. The van der Waals surface area contributed by atoms with Gasteiger partial charge in [-0.05, 0) is 58.3 Å². The molecule has 2 aromatic carbocycles. The van der Waals surface area contributed by atoms with Crippen LogP contribution in [0.3, 0.4) is 0 Å². The van der Waals surface area contributed by atoms with Crippen LogP contribution in [0.2, 0.25) is 0 Å². The average molecular weight is 433 g/mol. The highest BCUT2D eigenvalue weighted by Gasteiger charge is 2.27. The van der Waals surface area contributed by atoms with Crippen molar-refractivity contribution in [2.45, 2.75) is 6.04 Å². The Morgan fingerprint density at radius 3 is 2.52 bits per heavy atom. The maximum absolute atomic E-state index is 14.9. The number of likely N-dealkylation sites (N-methyl/N-ethyl adjacent to an activating group) is 1. The van der Waals surface area contributed by atoms with E-state index in [0.717, 1.165) is 54.0 Å². The van der Waals surface area contributed by atoms with Crippen LogP contribution >= 0.6 is 11.3 Å². The Morgan fingerprint density at radius 2 is 1.81 bits per heavy atom. The number of aromatic amines is 1. The van der Waals surface area contributed by atoms with Gasteiger partial charge in [0, 0.05) is 43.5 Å². The van der Waals surface area contributed by atoms with Crippen LogP contribution in [0.1, 0.15) is 17.2 Å². The van der Waals surface area contributed by atoms with Gasteiger partial charge in [-0.3, -0.25) is 10.00 Å². The van der Waals surface area contributed by atoms with Crippen molar-refractivity contribution in [2.75, 3.05) is 33.2 Å². The first kappa shape index (κ1) is 20.1. The van der Waals surface area contributed by atoms with Gasteiger partial charge in [-0.15, -0.1) is 0 Å². The summed E-state index contributed by atoms with van der Waals surface area (Å²) in [7, 11) is 2.16. The van der Waals surface area contributed by atoms with Gasteiger partial charge >= 0.3 is 0 Å². The first-order chi connectivity index (χ1) is 15.2. The summed E-state index contributed by atoms with van der Waals surface area (Å²) in [5.41, 5.74) is 6.02. The second-order valence-electron chi connectivity index (χ2n) is 8.07. The van der Waals surface area contributed by atoms with Crippen molar-refractivity contribution in [3.63, 3.8) is 0 Å². The number of benzene rings is 2. The molecule has 1 atom stereocenters. The monoisotopic (exact) mass is 432 g/mol. The van der Waals surface area contributed by atoms with Crippen molar-refractivity contribution in [3.05, 3.63) is 88.6 Å². The maximum atomic E-state index is 14.9. The fraction of sp³-hybridized carbons (Fsp3) is 0.240. The zero-order valence-electron chi connectivity index (χ0n) is 17.5. The Hall–Kier alpha value is -2.80. The summed E-state index contributed by atoms with van der Waals surface area (Å²) in [6.45, 7) is 4.02. The number of thiophene rings is 1. The molecule has 158 valence electrons. The number of aromatic nitrogens is 2. The predicted molar refractivity (Wildman–Crippen MR) is 125 cm³/mol. The Bertz CT molecular complexity index is 1130. The van der Waals surface area contributed by atoms with Gasteiger partial charge in [-0.2, -0.15) is 16.4 Å². The molecule has 0 spiro atoms. The van der Waals surface area contributed by atoms with Crippen molar-refractivity contribution < 1.29 is 4.39 Å². The number of piperazine rings is 1. The Kier molecular flexibility index (Phi) is 5.68. The number of hydrogen-bond donors (Lipinski definition) is 1. The smallest absolute Gasteiger partial charge is 0.131 e. The molecule has 4 aromatic rings. The molecule has 31 heavy (non-hydrogen) atoms. The fourth-order valence-corrected chi connectivity index (χ4v) is 5.06. The first-order valence-corrected chi connectivity index (χ1v) is 11.5. The highest BCUT2D eigenvalue weighted by molar-refractivity contribution is 7.08. The molecule has 2 aromatic heterocycles. The molecule has 5 rings (SSSR count). The molecule has 1 saturated heterocycles. The van der Waals surface area contributed by atoms with Gasteiger partial charge in [0.2, 0.25) is 0 Å². The van der Waals surface area contributed by atoms with E-state index in [9.17, 15) is 4.39 Å². The summed E-state index contributed by atoms with van der Waals surface area (Å²) < 4.78 is 14.9. The lowest BCUT2D eigenvalue weighted by Gasteiger charge is -2.38. The Morgan fingerprint density at radius 1 is 0.968 bits per heavy atom. The lowest BCUT2D eigenvalue weighted by Crippen LogP contribution is -2.46. The molecular weight excluding hydrogens is 407 g/mol. The molecule has 1 aliphatic rings. The predicted octanol–water partition coefficient (Wildman–Crippen LogP) is 5.28. The molecule has 0 bridgehead atoms. The SMILES string of the molecule is CN1CCN(C(c2cn[nH]c2)c2ccc(-c3ccsc3)c(-c3ccccc3F)c2)CC1. The molecule has 3 heterocycles. The molecule has 0 radical (unpaired) electrons. The normalized spacial score (nSPS) is 16.5. The third-order valence-corrected chi connectivity index (χ3v) is 6.78. The molecule has 0 saturated carbocycles. The summed E-state index contributed by atoms with van der Waals surface area (Å²) in [5.74, 6) is -0.199. The number of halogens is 1. The summed E-state index contributed by atoms with van der Waals surface area (Å²) in [4.78, 5) is 4.85. The zero-order valence-corrected chi connectivity index (χ0v) is 18.3. The molecule has 0 aliphatic carbocycles. The molecule has 1 fully saturated rings. The molecule has 4 nitrogen and oxygen atoms in total. The largest absolute Gasteiger partial charge is 0.304 e. The minimum absolute atomic E-state index is 0.0782. The highest BCUT2D eigenvalue weighted by atomic mass is 32.1. The van der Waals surface area contributed by atoms with Crippen LogP contribution in [0.5, 0.6) is 0 Å². The van der Waals surface area contributed by atoms with E-state index in [1.165, 1.54) is 6.07 Å². The quantitative estimate of drug-likeness (QED) is 0.466. The van der Waals surface area contributed by atoms with Crippen molar-refractivity contribution >= 4 is 11.3 Å². The lowest BCUT2D eigenvalue weighted by molar-refractivity contribution is 0.127. The summed E-state index contributed by atoms with van der Waals surface area (Å²) in [6, 6.07) is 15.7. The van der Waals surface area contributed by atoms with E-state index >= 15 is 0 Å². The molecule has 1 aliphatic heterocycles. The number of hydrogen-bond acceptors (Lipinski definition) is 4. The second kappa shape index (κ2) is 8.75. The third-order valence-electron chi connectivity index (χ3n) is 6.09. The summed E-state index contributed by atoms with van der Waals surface area (Å²) in [6.07, 6.45) is 3.87. The molecule has 1 N–H and O–H groups in total. The van der Waals surface area contributed by atoms with E-state index in [4.69, 9.17) is 0 Å². The minimum atomic E-state index is -0.199. The van der Waals surface area contributed by atoms with Gasteiger partial charge in [-0.25, -0.2) is 4.39 Å². The van der Waals surface area contributed by atoms with Gasteiger partial charge in [0.25, 0.3) is 0 Å². The molecular formula is C25H25FN4S. The van der Waals surface area contributed by atoms with Crippen LogP contribution in [0.4, 0.5) is 4.39 Å². The van der Waals surface area contributed by atoms with Crippen LogP contribution in [-0.4, -0.2) is 53.2 Å². The molecule has 1 unspecified atom stereocenters. The van der Waals surface area contributed by atoms with Crippen molar-refractivity contribution in [1.82, 2.24) is 20.0 Å². The molecule has 6 heteroatoms. The highest BCUT2D eigenvalue weighted by Crippen LogP contribution is 2.39. The van der Waals surface area contributed by atoms with Gasteiger partial charge in [0.1, 0.15) is 5.82 Å². The number of nitrogens with zero attached hydrogens (tertiary/aromatic N) is 3. The van der Waals surface area contributed by atoms with Crippen LogP contribution < -0.4 is 0 Å². The Balaban J connectivity index is 1.64.